The van der Waals surface area contributed by atoms with Crippen LogP contribution < -0.4 is 0 Å². The van der Waals surface area contributed by atoms with Crippen molar-refractivity contribution in [1.29, 1.82) is 0 Å². The first kappa shape index (κ1) is 14.2. The van der Waals surface area contributed by atoms with Crippen LogP contribution in [0.25, 0.3) is 11.0 Å². The molecule has 7 heteroatoms. The summed E-state index contributed by atoms with van der Waals surface area (Å²) in [4.78, 5) is 12.0. The number of aromatic amines is 1. The molecular weight excluding hydrogens is 282 g/mol. The number of esters is 1. The Bertz CT molecular complexity index is 790. The van der Waals surface area contributed by atoms with E-state index in [0.29, 0.717) is 11.5 Å². The number of nitrogens with zero attached hydrogens (tertiary/aromatic N) is 4. The lowest BCUT2D eigenvalue weighted by atomic mass is 10.2. The fourth-order valence-electron chi connectivity index (χ4n) is 2.15. The Morgan fingerprint density at radius 3 is 2.95 bits per heavy atom. The van der Waals surface area contributed by atoms with Gasteiger partial charge in [-0.1, -0.05) is 19.9 Å². The number of carbonyl (C=O) groups excluding carboxylic acids is 1. The molecule has 0 amide bonds. The zero-order valence-corrected chi connectivity index (χ0v) is 12.5. The number of aromatic nitrogens is 5. The summed E-state index contributed by atoms with van der Waals surface area (Å²) in [5.41, 5.74) is 2.86. The quantitative estimate of drug-likeness (QED) is 0.730. The number of benzene rings is 1. The van der Waals surface area contributed by atoms with Gasteiger partial charge in [-0.25, -0.2) is 4.79 Å². The first-order valence-electron chi connectivity index (χ1n) is 7.11. The third kappa shape index (κ3) is 3.13. The van der Waals surface area contributed by atoms with E-state index in [-0.39, 0.29) is 12.6 Å². The minimum Gasteiger partial charge on any atom is -0.457 e. The van der Waals surface area contributed by atoms with Gasteiger partial charge in [-0.2, -0.15) is 20.5 Å². The van der Waals surface area contributed by atoms with Gasteiger partial charge in [0, 0.05) is 12.7 Å². The number of hydrogen-bond acceptors (Lipinski definition) is 5. The van der Waals surface area contributed by atoms with Gasteiger partial charge in [0.25, 0.3) is 0 Å². The zero-order valence-electron chi connectivity index (χ0n) is 12.5. The lowest BCUT2D eigenvalue weighted by molar-refractivity contribution is 0.0472. The van der Waals surface area contributed by atoms with Gasteiger partial charge in [0.1, 0.15) is 17.6 Å². The molecule has 0 atom stereocenters. The van der Waals surface area contributed by atoms with E-state index in [1.54, 1.807) is 10.9 Å². The standard InChI is InChI=1S/C15H17N5O2/c1-10(2)7-20-8-12(6-16-20)15(21)22-9-11-3-4-13-14(5-11)18-19-17-13/h3-6,8,10H,7,9H2,1-2H3,(H,17,18,19). The summed E-state index contributed by atoms with van der Waals surface area (Å²) in [6.45, 7) is 5.16. The molecule has 1 N–H and O–H groups in total. The maximum atomic E-state index is 12.0. The average Bonchev–Trinajstić information content (AvgIpc) is 3.12. The van der Waals surface area contributed by atoms with E-state index >= 15 is 0 Å². The van der Waals surface area contributed by atoms with E-state index in [1.165, 1.54) is 6.20 Å². The molecule has 1 aromatic carbocycles. The van der Waals surface area contributed by atoms with Crippen molar-refractivity contribution >= 4 is 17.0 Å². The Hall–Kier alpha value is -2.70. The zero-order chi connectivity index (χ0) is 15.5. The van der Waals surface area contributed by atoms with Crippen molar-refractivity contribution in [1.82, 2.24) is 25.2 Å². The molecule has 0 spiro atoms. The van der Waals surface area contributed by atoms with Gasteiger partial charge in [-0.15, -0.1) is 0 Å². The van der Waals surface area contributed by atoms with Crippen molar-refractivity contribution in [2.24, 2.45) is 5.92 Å². The van der Waals surface area contributed by atoms with Crippen molar-refractivity contribution < 1.29 is 9.53 Å². The SMILES string of the molecule is CC(C)Cn1cc(C(=O)OCc2ccc3n[nH]nc3c2)cn1. The predicted molar refractivity (Wildman–Crippen MR) is 80.1 cm³/mol. The number of hydrogen-bond donors (Lipinski definition) is 1. The summed E-state index contributed by atoms with van der Waals surface area (Å²) in [5.74, 6) is 0.0909. The predicted octanol–water partition coefficient (Wildman–Crippen LogP) is 2.17. The highest BCUT2D eigenvalue weighted by atomic mass is 16.5. The van der Waals surface area contributed by atoms with Crippen molar-refractivity contribution in [3.05, 3.63) is 41.7 Å². The van der Waals surface area contributed by atoms with Gasteiger partial charge in [0.05, 0.1) is 11.8 Å². The molecule has 0 bridgehead atoms. The summed E-state index contributed by atoms with van der Waals surface area (Å²) >= 11 is 0. The van der Waals surface area contributed by atoms with Crippen LogP contribution in [-0.2, 0) is 17.9 Å². The maximum Gasteiger partial charge on any atom is 0.341 e. The molecule has 7 nitrogen and oxygen atoms in total. The summed E-state index contributed by atoms with van der Waals surface area (Å²) in [7, 11) is 0. The molecule has 0 aliphatic carbocycles. The molecular formula is C15H17N5O2. The summed E-state index contributed by atoms with van der Waals surface area (Å²) in [6.07, 6.45) is 3.24. The molecule has 0 radical (unpaired) electrons. The van der Waals surface area contributed by atoms with Gasteiger partial charge < -0.3 is 4.74 Å². The van der Waals surface area contributed by atoms with E-state index in [2.05, 4.69) is 34.4 Å². The van der Waals surface area contributed by atoms with E-state index in [1.807, 2.05) is 18.2 Å². The molecule has 2 heterocycles. The fraction of sp³-hybridized carbons (Fsp3) is 0.333. The molecule has 2 aromatic heterocycles. The highest BCUT2D eigenvalue weighted by molar-refractivity contribution is 5.88. The first-order chi connectivity index (χ1) is 10.6. The Morgan fingerprint density at radius 1 is 1.32 bits per heavy atom. The maximum absolute atomic E-state index is 12.0. The second-order valence-corrected chi connectivity index (χ2v) is 5.57. The van der Waals surface area contributed by atoms with Gasteiger partial charge >= 0.3 is 5.97 Å². The van der Waals surface area contributed by atoms with Crippen LogP contribution in [0.5, 0.6) is 0 Å². The summed E-state index contributed by atoms with van der Waals surface area (Å²) < 4.78 is 7.06. The first-order valence-corrected chi connectivity index (χ1v) is 7.11. The molecule has 114 valence electrons. The minimum atomic E-state index is -0.379. The van der Waals surface area contributed by atoms with Crippen LogP contribution in [0.1, 0.15) is 29.8 Å². The van der Waals surface area contributed by atoms with Crippen LogP contribution in [0.4, 0.5) is 0 Å². The second-order valence-electron chi connectivity index (χ2n) is 5.57. The molecule has 22 heavy (non-hydrogen) atoms. The minimum absolute atomic E-state index is 0.191. The summed E-state index contributed by atoms with van der Waals surface area (Å²) in [6, 6.07) is 5.54. The van der Waals surface area contributed by atoms with Crippen LogP contribution in [0.2, 0.25) is 0 Å². The Kier molecular flexibility index (Phi) is 3.86. The highest BCUT2D eigenvalue weighted by Gasteiger charge is 2.11. The van der Waals surface area contributed by atoms with E-state index < -0.39 is 0 Å². The lowest BCUT2D eigenvalue weighted by Gasteiger charge is -2.04. The third-order valence-electron chi connectivity index (χ3n) is 3.17. The smallest absolute Gasteiger partial charge is 0.341 e. The highest BCUT2D eigenvalue weighted by Crippen LogP contribution is 2.12. The second kappa shape index (κ2) is 5.97. The summed E-state index contributed by atoms with van der Waals surface area (Å²) in [5, 5.41) is 14.7. The van der Waals surface area contributed by atoms with Crippen molar-refractivity contribution in [2.45, 2.75) is 27.0 Å². The molecule has 0 aliphatic rings. The van der Waals surface area contributed by atoms with Crippen LogP contribution in [0.3, 0.4) is 0 Å². The van der Waals surface area contributed by atoms with E-state index in [9.17, 15) is 4.79 Å². The van der Waals surface area contributed by atoms with Gasteiger partial charge in [0.15, 0.2) is 0 Å². The fourth-order valence-corrected chi connectivity index (χ4v) is 2.15. The van der Waals surface area contributed by atoms with Crippen LogP contribution in [0, 0.1) is 5.92 Å². The molecule has 0 fully saturated rings. The number of fused-ring (bicyclic) bond motifs is 1. The number of ether oxygens (including phenoxy) is 1. The van der Waals surface area contributed by atoms with Crippen molar-refractivity contribution in [3.63, 3.8) is 0 Å². The van der Waals surface area contributed by atoms with E-state index in [4.69, 9.17) is 4.74 Å². The molecule has 3 rings (SSSR count). The Balaban J connectivity index is 1.62. The largest absolute Gasteiger partial charge is 0.457 e. The molecule has 0 saturated heterocycles. The topological polar surface area (TPSA) is 85.7 Å². The number of H-pyrrole nitrogens is 1. The van der Waals surface area contributed by atoms with Crippen molar-refractivity contribution in [2.75, 3.05) is 0 Å². The van der Waals surface area contributed by atoms with Crippen molar-refractivity contribution in [3.8, 4) is 0 Å². The lowest BCUT2D eigenvalue weighted by Crippen LogP contribution is -2.06. The Labute approximate surface area is 127 Å². The number of carbonyl (C=O) groups is 1. The van der Waals surface area contributed by atoms with Crippen LogP contribution in [-0.4, -0.2) is 31.2 Å². The molecule has 0 unspecified atom stereocenters. The van der Waals surface area contributed by atoms with E-state index in [0.717, 1.165) is 23.1 Å². The molecule has 3 aromatic rings. The number of rotatable bonds is 5. The third-order valence-corrected chi connectivity index (χ3v) is 3.17. The average molecular weight is 299 g/mol. The normalized spacial score (nSPS) is 11.2. The van der Waals surface area contributed by atoms with Crippen LogP contribution in [0.15, 0.2) is 30.6 Å². The van der Waals surface area contributed by atoms with Gasteiger partial charge in [-0.05, 0) is 23.6 Å². The van der Waals surface area contributed by atoms with Gasteiger partial charge in [0.2, 0.25) is 0 Å². The van der Waals surface area contributed by atoms with Crippen LogP contribution >= 0.6 is 0 Å². The Morgan fingerprint density at radius 2 is 2.14 bits per heavy atom. The molecule has 0 aliphatic heterocycles. The monoisotopic (exact) mass is 299 g/mol. The number of nitrogens with one attached hydrogen (secondary N) is 1. The van der Waals surface area contributed by atoms with Gasteiger partial charge in [-0.3, -0.25) is 4.68 Å². The molecule has 0 saturated carbocycles.